The van der Waals surface area contributed by atoms with E-state index in [1.54, 1.807) is 0 Å². The molecular weight excluding hydrogens is 376 g/mol. The number of ether oxygens (including phenoxy) is 1. The van der Waals surface area contributed by atoms with Gasteiger partial charge in [0.05, 0.1) is 24.8 Å². The van der Waals surface area contributed by atoms with Gasteiger partial charge in [0.15, 0.2) is 0 Å². The Labute approximate surface area is 167 Å². The van der Waals surface area contributed by atoms with Gasteiger partial charge in [-0.1, -0.05) is 24.3 Å². The van der Waals surface area contributed by atoms with E-state index in [0.717, 1.165) is 11.1 Å². The van der Waals surface area contributed by atoms with Gasteiger partial charge in [0.1, 0.15) is 0 Å². The van der Waals surface area contributed by atoms with E-state index in [0.29, 0.717) is 17.5 Å². The van der Waals surface area contributed by atoms with Crippen LogP contribution in [0.1, 0.15) is 31.8 Å². The lowest BCUT2D eigenvalue weighted by Gasteiger charge is -2.37. The molecule has 2 aromatic carbocycles. The summed E-state index contributed by atoms with van der Waals surface area (Å²) in [5.74, 6) is -0.933. The highest BCUT2D eigenvalue weighted by Gasteiger charge is 2.34. The molecule has 0 bridgehead atoms. The summed E-state index contributed by atoms with van der Waals surface area (Å²) in [5, 5.41) is 22.7. The zero-order valence-corrected chi connectivity index (χ0v) is 15.9. The third kappa shape index (κ3) is 4.55. The van der Waals surface area contributed by atoms with E-state index in [1.165, 1.54) is 36.3 Å². The maximum Gasteiger partial charge on any atom is 0.407 e. The molecule has 8 nitrogen and oxygen atoms in total. The average Bonchev–Trinajstić information content (AvgIpc) is 2.75. The van der Waals surface area contributed by atoms with Gasteiger partial charge in [-0.3, -0.25) is 9.69 Å². The molecule has 0 spiro atoms. The Bertz CT molecular complexity index is 912. The molecule has 152 valence electrons. The first-order valence-electron chi connectivity index (χ1n) is 9.11. The molecule has 2 atom stereocenters. The van der Waals surface area contributed by atoms with Crippen LogP contribution in [0.5, 0.6) is 0 Å². The molecule has 0 aliphatic carbocycles. The first-order chi connectivity index (χ1) is 13.9. The van der Waals surface area contributed by atoms with Crippen molar-refractivity contribution in [3.63, 3.8) is 0 Å². The second-order valence-corrected chi connectivity index (χ2v) is 6.80. The van der Waals surface area contributed by atoms with Crippen molar-refractivity contribution < 1.29 is 29.3 Å². The lowest BCUT2D eigenvalue weighted by molar-refractivity contribution is 0.0382. The van der Waals surface area contributed by atoms with Crippen LogP contribution in [0.4, 0.5) is 4.79 Å². The number of fused-ring (bicyclic) bond motifs is 1. The van der Waals surface area contributed by atoms with Gasteiger partial charge in [0.2, 0.25) is 0 Å². The summed E-state index contributed by atoms with van der Waals surface area (Å²) in [7, 11) is 1.27. The zero-order chi connectivity index (χ0) is 21.0. The topological polar surface area (TPSA) is 116 Å². The monoisotopic (exact) mass is 398 g/mol. The molecule has 0 fully saturated rings. The molecule has 29 heavy (non-hydrogen) atoms. The van der Waals surface area contributed by atoms with Crippen molar-refractivity contribution in [2.24, 2.45) is 0 Å². The molecule has 1 heterocycles. The number of aliphatic hydroxyl groups excluding tert-OH is 1. The number of hydrogen-bond acceptors (Lipinski definition) is 5. The number of carbonyl (C=O) groups is 3. The van der Waals surface area contributed by atoms with Crippen LogP contribution in [0.3, 0.4) is 0 Å². The number of methoxy groups -OCH3 is 1. The van der Waals surface area contributed by atoms with Gasteiger partial charge >= 0.3 is 12.1 Å². The van der Waals surface area contributed by atoms with Gasteiger partial charge < -0.3 is 20.3 Å². The molecule has 8 heteroatoms. The number of carbonyl (C=O) groups excluding carboxylic acids is 2. The van der Waals surface area contributed by atoms with Crippen molar-refractivity contribution in [2.45, 2.75) is 25.1 Å². The zero-order valence-electron chi connectivity index (χ0n) is 15.9. The number of aliphatic hydroxyl groups is 1. The van der Waals surface area contributed by atoms with E-state index in [9.17, 15) is 24.6 Å². The number of carboxylic acid groups (broad SMARTS) is 1. The molecule has 0 radical (unpaired) electrons. The first-order valence-corrected chi connectivity index (χ1v) is 9.11. The van der Waals surface area contributed by atoms with Crippen LogP contribution in [0, 0.1) is 0 Å². The van der Waals surface area contributed by atoms with Gasteiger partial charge in [-0.2, -0.15) is 0 Å². The van der Waals surface area contributed by atoms with Crippen LogP contribution in [0.2, 0.25) is 0 Å². The molecule has 2 amide bonds. The molecule has 1 aliphatic rings. The van der Waals surface area contributed by atoms with Crippen molar-refractivity contribution in [3.8, 4) is 0 Å². The van der Waals surface area contributed by atoms with Crippen LogP contribution in [-0.2, 0) is 17.7 Å². The standard InChI is InChI=1S/C21H22N2O6/c1-29-20(26)14-8-6-13(7-9-14)19(25)22-11-18(24)17-10-15-4-2-3-5-16(15)12-23(17)21(27)28/h2-9,17-18,24H,10-12H2,1H3,(H,22,25)(H,27,28)/t17-,18+/m0/s1. The van der Waals surface area contributed by atoms with Crippen LogP contribution >= 0.6 is 0 Å². The molecular formula is C21H22N2O6. The number of nitrogens with zero attached hydrogens (tertiary/aromatic N) is 1. The van der Waals surface area contributed by atoms with E-state index in [-0.39, 0.29) is 13.1 Å². The number of esters is 1. The minimum absolute atomic E-state index is 0.103. The number of amides is 2. The van der Waals surface area contributed by atoms with Gasteiger partial charge in [-0.05, 0) is 41.8 Å². The molecule has 0 unspecified atom stereocenters. The summed E-state index contributed by atoms with van der Waals surface area (Å²) in [6.07, 6.45) is -1.82. The first kappa shape index (κ1) is 20.3. The Hall–Kier alpha value is -3.39. The predicted octanol–water partition coefficient (Wildman–Crippen LogP) is 1.67. The SMILES string of the molecule is COC(=O)c1ccc(C(=O)NC[C@@H](O)[C@@H]2Cc3ccccc3CN2C(=O)O)cc1. The molecule has 3 rings (SSSR count). The summed E-state index contributed by atoms with van der Waals surface area (Å²) in [6, 6.07) is 12.7. The largest absolute Gasteiger partial charge is 0.465 e. The lowest BCUT2D eigenvalue weighted by Crippen LogP contribution is -2.53. The van der Waals surface area contributed by atoms with Crippen molar-refractivity contribution in [1.82, 2.24) is 10.2 Å². The molecule has 0 aromatic heterocycles. The highest BCUT2D eigenvalue weighted by Crippen LogP contribution is 2.25. The van der Waals surface area contributed by atoms with Crippen LogP contribution < -0.4 is 5.32 Å². The summed E-state index contributed by atoms with van der Waals surface area (Å²) in [4.78, 5) is 36.6. The number of rotatable bonds is 5. The normalized spacial score (nSPS) is 16.5. The Morgan fingerprint density at radius 2 is 1.72 bits per heavy atom. The van der Waals surface area contributed by atoms with Gasteiger partial charge in [-0.25, -0.2) is 9.59 Å². The van der Waals surface area contributed by atoms with Crippen molar-refractivity contribution in [2.75, 3.05) is 13.7 Å². The summed E-state index contributed by atoms with van der Waals surface area (Å²) in [5.41, 5.74) is 2.53. The smallest absolute Gasteiger partial charge is 0.407 e. The van der Waals surface area contributed by atoms with Crippen molar-refractivity contribution in [3.05, 3.63) is 70.8 Å². The number of hydrogen-bond donors (Lipinski definition) is 3. The predicted molar refractivity (Wildman–Crippen MR) is 104 cm³/mol. The Balaban J connectivity index is 1.64. The Kier molecular flexibility index (Phi) is 6.13. The molecule has 3 N–H and O–H groups in total. The minimum Gasteiger partial charge on any atom is -0.465 e. The third-order valence-corrected chi connectivity index (χ3v) is 5.02. The number of benzene rings is 2. The van der Waals surface area contributed by atoms with Crippen molar-refractivity contribution >= 4 is 18.0 Å². The quantitative estimate of drug-likeness (QED) is 0.660. The maximum atomic E-state index is 12.3. The highest BCUT2D eigenvalue weighted by molar-refractivity contribution is 5.96. The Morgan fingerprint density at radius 1 is 1.10 bits per heavy atom. The van der Waals surface area contributed by atoms with Crippen LogP contribution in [-0.4, -0.2) is 58.9 Å². The summed E-state index contributed by atoms with van der Waals surface area (Å²) < 4.78 is 4.61. The minimum atomic E-state index is -1.12. The lowest BCUT2D eigenvalue weighted by atomic mass is 9.91. The van der Waals surface area contributed by atoms with E-state index in [1.807, 2.05) is 24.3 Å². The molecule has 0 saturated heterocycles. The maximum absolute atomic E-state index is 12.3. The van der Waals surface area contributed by atoms with E-state index < -0.39 is 30.1 Å². The van der Waals surface area contributed by atoms with Gasteiger partial charge in [-0.15, -0.1) is 0 Å². The summed E-state index contributed by atoms with van der Waals surface area (Å²) in [6.45, 7) is 0.0877. The van der Waals surface area contributed by atoms with E-state index in [2.05, 4.69) is 10.1 Å². The highest BCUT2D eigenvalue weighted by atomic mass is 16.5. The van der Waals surface area contributed by atoms with Crippen LogP contribution in [0.25, 0.3) is 0 Å². The third-order valence-electron chi connectivity index (χ3n) is 5.02. The summed E-state index contributed by atoms with van der Waals surface area (Å²) >= 11 is 0. The van der Waals surface area contributed by atoms with Crippen molar-refractivity contribution in [1.29, 1.82) is 0 Å². The second-order valence-electron chi connectivity index (χ2n) is 6.80. The fourth-order valence-electron chi connectivity index (χ4n) is 3.41. The Morgan fingerprint density at radius 3 is 2.34 bits per heavy atom. The fraction of sp³-hybridized carbons (Fsp3) is 0.286. The fourth-order valence-corrected chi connectivity index (χ4v) is 3.41. The van der Waals surface area contributed by atoms with Crippen LogP contribution in [0.15, 0.2) is 48.5 Å². The van der Waals surface area contributed by atoms with Gasteiger partial charge in [0, 0.05) is 18.7 Å². The molecule has 1 aliphatic heterocycles. The second kappa shape index (κ2) is 8.74. The molecule has 2 aromatic rings. The molecule has 0 saturated carbocycles. The average molecular weight is 398 g/mol. The number of nitrogens with one attached hydrogen (secondary N) is 1. The van der Waals surface area contributed by atoms with Gasteiger partial charge in [0.25, 0.3) is 5.91 Å². The van der Waals surface area contributed by atoms with E-state index in [4.69, 9.17) is 0 Å². The van der Waals surface area contributed by atoms with E-state index >= 15 is 0 Å².